The zero-order valence-corrected chi connectivity index (χ0v) is 14.4. The highest BCUT2D eigenvalue weighted by molar-refractivity contribution is 7.99. The van der Waals surface area contributed by atoms with Gasteiger partial charge >= 0.3 is 5.69 Å². The molecule has 0 N–H and O–H groups in total. The molecule has 0 saturated heterocycles. The number of fused-ring (bicyclic) bond motifs is 1. The summed E-state index contributed by atoms with van der Waals surface area (Å²) in [5.74, 6) is 1.02. The third-order valence-corrected chi connectivity index (χ3v) is 4.57. The minimum Gasteiger partial charge on any atom is -0.411 e. The number of rotatable bonds is 5. The molecule has 1 aromatic carbocycles. The van der Waals surface area contributed by atoms with Crippen LogP contribution in [0.4, 0.5) is 0 Å². The average molecular weight is 374 g/mol. The summed E-state index contributed by atoms with van der Waals surface area (Å²) < 4.78 is 8.56. The molecule has 0 fully saturated rings. The predicted molar refractivity (Wildman–Crippen MR) is 94.9 cm³/mol. The molecule has 0 bridgehead atoms. The Morgan fingerprint density at radius 1 is 1.12 bits per heavy atom. The monoisotopic (exact) mass is 373 g/mol. The van der Waals surface area contributed by atoms with Crippen molar-refractivity contribution in [1.82, 2.24) is 24.4 Å². The maximum atomic E-state index is 12.2. The van der Waals surface area contributed by atoms with E-state index in [2.05, 4.69) is 15.3 Å². The van der Waals surface area contributed by atoms with Gasteiger partial charge in [-0.1, -0.05) is 29.4 Å². The Balaban J connectivity index is 1.42. The van der Waals surface area contributed by atoms with Gasteiger partial charge in [0.2, 0.25) is 5.89 Å². The second-order valence-corrected chi connectivity index (χ2v) is 6.65. The van der Waals surface area contributed by atoms with Crippen molar-refractivity contribution >= 4 is 29.0 Å². The zero-order valence-electron chi connectivity index (χ0n) is 12.9. The number of aryl methyl sites for hydroxylation is 1. The highest BCUT2D eigenvalue weighted by Gasteiger charge is 2.10. The van der Waals surface area contributed by atoms with E-state index in [0.29, 0.717) is 34.1 Å². The number of nitrogens with zero attached hydrogens (tertiary/aromatic N) is 5. The van der Waals surface area contributed by atoms with Crippen LogP contribution >= 0.6 is 23.4 Å². The molecule has 4 rings (SSSR count). The van der Waals surface area contributed by atoms with Gasteiger partial charge in [-0.2, -0.15) is 0 Å². The van der Waals surface area contributed by atoms with Crippen LogP contribution in [0.1, 0.15) is 0 Å². The van der Waals surface area contributed by atoms with Gasteiger partial charge < -0.3 is 4.42 Å². The summed E-state index contributed by atoms with van der Waals surface area (Å²) in [6, 6.07) is 12.6. The fraction of sp³-hybridized carbons (Fsp3) is 0.125. The summed E-state index contributed by atoms with van der Waals surface area (Å²) in [7, 11) is 0. The van der Waals surface area contributed by atoms with Crippen LogP contribution in [-0.4, -0.2) is 30.1 Å². The Morgan fingerprint density at radius 3 is 2.76 bits per heavy atom. The van der Waals surface area contributed by atoms with E-state index in [0.717, 1.165) is 5.56 Å². The SMILES string of the molecule is O=c1n(CCSc2nnc(-c3ccc(Cl)cc3)o2)nc2ccccn12. The predicted octanol–water partition coefficient (Wildman–Crippen LogP) is 2.99. The molecular formula is C16H12ClN5O2S. The second kappa shape index (κ2) is 6.73. The van der Waals surface area contributed by atoms with Crippen LogP contribution in [0.3, 0.4) is 0 Å². The lowest BCUT2D eigenvalue weighted by molar-refractivity contribution is 0.465. The lowest BCUT2D eigenvalue weighted by atomic mass is 10.2. The van der Waals surface area contributed by atoms with Crippen LogP contribution in [0.5, 0.6) is 0 Å². The van der Waals surface area contributed by atoms with Crippen LogP contribution in [0.25, 0.3) is 17.1 Å². The maximum absolute atomic E-state index is 12.2. The molecule has 0 saturated carbocycles. The molecule has 0 aliphatic heterocycles. The second-order valence-electron chi connectivity index (χ2n) is 5.16. The lowest BCUT2D eigenvalue weighted by Gasteiger charge is -1.97. The average Bonchev–Trinajstić information content (AvgIpc) is 3.22. The van der Waals surface area contributed by atoms with Gasteiger partial charge in [0.05, 0.1) is 6.54 Å². The summed E-state index contributed by atoms with van der Waals surface area (Å²) in [5.41, 5.74) is 1.27. The van der Waals surface area contributed by atoms with Crippen molar-refractivity contribution in [1.29, 1.82) is 0 Å². The minimum absolute atomic E-state index is 0.163. The molecule has 0 spiro atoms. The molecule has 3 heterocycles. The Labute approximate surface area is 151 Å². The van der Waals surface area contributed by atoms with Gasteiger partial charge in [-0.3, -0.25) is 4.40 Å². The van der Waals surface area contributed by atoms with Crippen molar-refractivity contribution in [2.75, 3.05) is 5.75 Å². The summed E-state index contributed by atoms with van der Waals surface area (Å²) >= 11 is 7.24. The van der Waals surface area contributed by atoms with E-state index in [-0.39, 0.29) is 5.69 Å². The molecule has 25 heavy (non-hydrogen) atoms. The molecule has 0 atom stereocenters. The molecular weight excluding hydrogens is 362 g/mol. The third kappa shape index (κ3) is 3.31. The summed E-state index contributed by atoms with van der Waals surface area (Å²) in [6.45, 7) is 0.448. The molecule has 0 aliphatic carbocycles. The van der Waals surface area contributed by atoms with E-state index in [1.54, 1.807) is 30.5 Å². The number of halogens is 1. The van der Waals surface area contributed by atoms with Gasteiger partial charge in [-0.25, -0.2) is 9.48 Å². The first-order chi connectivity index (χ1) is 12.2. The van der Waals surface area contributed by atoms with E-state index in [1.165, 1.54) is 20.8 Å². The molecule has 126 valence electrons. The molecule has 9 heteroatoms. The number of hydrogen-bond donors (Lipinski definition) is 0. The van der Waals surface area contributed by atoms with Gasteiger partial charge in [0.25, 0.3) is 5.22 Å². The molecule has 0 radical (unpaired) electrons. The van der Waals surface area contributed by atoms with Gasteiger partial charge in [0.1, 0.15) is 0 Å². The van der Waals surface area contributed by atoms with Crippen LogP contribution < -0.4 is 5.69 Å². The van der Waals surface area contributed by atoms with Crippen LogP contribution in [0, 0.1) is 0 Å². The fourth-order valence-electron chi connectivity index (χ4n) is 2.31. The molecule has 0 unspecified atom stereocenters. The highest BCUT2D eigenvalue weighted by atomic mass is 35.5. The first kappa shape index (κ1) is 15.9. The highest BCUT2D eigenvalue weighted by Crippen LogP contribution is 2.24. The van der Waals surface area contributed by atoms with Crippen molar-refractivity contribution in [2.24, 2.45) is 0 Å². The van der Waals surface area contributed by atoms with Crippen LogP contribution in [-0.2, 0) is 6.54 Å². The first-order valence-electron chi connectivity index (χ1n) is 7.47. The molecule has 0 amide bonds. The number of benzene rings is 1. The third-order valence-electron chi connectivity index (χ3n) is 3.51. The van der Waals surface area contributed by atoms with Gasteiger partial charge in [-0.15, -0.1) is 15.3 Å². The number of pyridine rings is 1. The molecule has 3 aromatic heterocycles. The zero-order chi connectivity index (χ0) is 17.2. The lowest BCUT2D eigenvalue weighted by Crippen LogP contribution is -2.21. The molecule has 7 nitrogen and oxygen atoms in total. The Hall–Kier alpha value is -2.58. The van der Waals surface area contributed by atoms with E-state index in [9.17, 15) is 4.79 Å². The first-order valence-corrected chi connectivity index (χ1v) is 8.83. The largest absolute Gasteiger partial charge is 0.411 e. The Bertz CT molecular complexity index is 1070. The van der Waals surface area contributed by atoms with Crippen molar-refractivity contribution in [2.45, 2.75) is 11.8 Å². The normalized spacial score (nSPS) is 11.2. The van der Waals surface area contributed by atoms with Crippen LogP contribution in [0.15, 0.2) is 63.1 Å². The topological polar surface area (TPSA) is 78.2 Å². The summed E-state index contributed by atoms with van der Waals surface area (Å²) in [6.07, 6.45) is 1.70. The van der Waals surface area contributed by atoms with Crippen molar-refractivity contribution in [3.05, 3.63) is 64.2 Å². The Kier molecular flexibility index (Phi) is 4.29. The number of hydrogen-bond acceptors (Lipinski definition) is 6. The standard InChI is InChI=1S/C16H12ClN5O2S/c17-12-6-4-11(5-7-12)14-18-19-15(24-14)25-10-9-22-16(23)21-8-2-1-3-13(21)20-22/h1-8H,9-10H2. The van der Waals surface area contributed by atoms with E-state index in [4.69, 9.17) is 16.0 Å². The van der Waals surface area contributed by atoms with E-state index in [1.807, 2.05) is 18.2 Å². The minimum atomic E-state index is -0.163. The summed E-state index contributed by atoms with van der Waals surface area (Å²) in [4.78, 5) is 12.2. The van der Waals surface area contributed by atoms with Crippen molar-refractivity contribution in [3.63, 3.8) is 0 Å². The molecule has 4 aromatic rings. The fourth-order valence-corrected chi connectivity index (χ4v) is 3.11. The quantitative estimate of drug-likeness (QED) is 0.500. The van der Waals surface area contributed by atoms with Crippen molar-refractivity contribution in [3.8, 4) is 11.5 Å². The summed E-state index contributed by atoms with van der Waals surface area (Å²) in [5, 5.41) is 13.4. The van der Waals surface area contributed by atoms with E-state index < -0.39 is 0 Å². The molecule has 0 aliphatic rings. The van der Waals surface area contributed by atoms with Gasteiger partial charge in [0, 0.05) is 22.5 Å². The Morgan fingerprint density at radius 2 is 1.96 bits per heavy atom. The van der Waals surface area contributed by atoms with Crippen molar-refractivity contribution < 1.29 is 4.42 Å². The number of aromatic nitrogens is 5. The maximum Gasteiger partial charge on any atom is 0.350 e. The van der Waals surface area contributed by atoms with Crippen LogP contribution in [0.2, 0.25) is 5.02 Å². The number of thioether (sulfide) groups is 1. The van der Waals surface area contributed by atoms with Gasteiger partial charge in [0.15, 0.2) is 5.65 Å². The van der Waals surface area contributed by atoms with E-state index >= 15 is 0 Å². The van der Waals surface area contributed by atoms with Gasteiger partial charge in [-0.05, 0) is 36.4 Å². The smallest absolute Gasteiger partial charge is 0.350 e.